The van der Waals surface area contributed by atoms with E-state index in [-0.39, 0.29) is 5.41 Å². The van der Waals surface area contributed by atoms with E-state index in [9.17, 15) is 5.26 Å². The van der Waals surface area contributed by atoms with Crippen molar-refractivity contribution in [1.29, 1.82) is 5.26 Å². The molecule has 1 aromatic carbocycles. The Hall–Kier alpha value is -1.29. The average Bonchev–Trinajstić information content (AvgIpc) is 2.79. The van der Waals surface area contributed by atoms with Crippen LogP contribution >= 0.6 is 0 Å². The van der Waals surface area contributed by atoms with Gasteiger partial charge in [0.25, 0.3) is 0 Å². The Morgan fingerprint density at radius 1 is 0.828 bits per heavy atom. The molecular formula is C28H43N. The standard InChI is InChI=1S/C28H43N/c1-3-5-7-9-24-12-16-27(17-13-24)28(22-29)20-18-26(19-21-28)25-14-10-23(11-15-25)8-6-4-2/h12-13,16-17,23,25-26H,3-11,14-15,18-21H2,1-2H3. The fourth-order valence-electron chi connectivity index (χ4n) is 6.08. The fourth-order valence-corrected chi connectivity index (χ4v) is 6.08. The molecule has 0 N–H and O–H groups in total. The van der Waals surface area contributed by atoms with Crippen LogP contribution in [0.5, 0.6) is 0 Å². The molecule has 0 unspecified atom stereocenters. The molecule has 29 heavy (non-hydrogen) atoms. The predicted molar refractivity (Wildman–Crippen MR) is 124 cm³/mol. The molecule has 3 rings (SSSR count). The van der Waals surface area contributed by atoms with E-state index in [4.69, 9.17) is 0 Å². The average molecular weight is 394 g/mol. The summed E-state index contributed by atoms with van der Waals surface area (Å²) in [5.41, 5.74) is 2.49. The SMILES string of the molecule is CCCCCc1ccc(C2(C#N)CCC(C3CCC(CCCC)CC3)CC2)cc1. The van der Waals surface area contributed by atoms with Gasteiger partial charge in [0.15, 0.2) is 0 Å². The maximum Gasteiger partial charge on any atom is 0.0822 e. The number of benzene rings is 1. The molecule has 2 aliphatic rings. The number of aryl methyl sites for hydroxylation is 1. The Kier molecular flexibility index (Phi) is 8.65. The Bertz CT molecular complexity index is 621. The van der Waals surface area contributed by atoms with Crippen molar-refractivity contribution in [3.05, 3.63) is 35.4 Å². The van der Waals surface area contributed by atoms with Crippen LogP contribution in [0.4, 0.5) is 0 Å². The van der Waals surface area contributed by atoms with Crippen LogP contribution in [-0.2, 0) is 11.8 Å². The lowest BCUT2D eigenvalue weighted by molar-refractivity contribution is 0.144. The Morgan fingerprint density at radius 2 is 1.45 bits per heavy atom. The van der Waals surface area contributed by atoms with Crippen LogP contribution in [0.25, 0.3) is 0 Å². The van der Waals surface area contributed by atoms with Crippen molar-refractivity contribution in [3.63, 3.8) is 0 Å². The highest BCUT2D eigenvalue weighted by molar-refractivity contribution is 5.35. The Morgan fingerprint density at radius 3 is 2.03 bits per heavy atom. The lowest BCUT2D eigenvalue weighted by Gasteiger charge is -2.41. The number of hydrogen-bond donors (Lipinski definition) is 0. The van der Waals surface area contributed by atoms with Crippen LogP contribution in [0.3, 0.4) is 0 Å². The topological polar surface area (TPSA) is 23.8 Å². The molecule has 0 atom stereocenters. The van der Waals surface area contributed by atoms with Gasteiger partial charge in [-0.05, 0) is 80.2 Å². The van der Waals surface area contributed by atoms with Gasteiger partial charge in [-0.2, -0.15) is 5.26 Å². The number of unbranched alkanes of at least 4 members (excludes halogenated alkanes) is 3. The zero-order valence-electron chi connectivity index (χ0n) is 19.1. The van der Waals surface area contributed by atoms with E-state index < -0.39 is 0 Å². The predicted octanol–water partition coefficient (Wildman–Crippen LogP) is 8.37. The lowest BCUT2D eigenvalue weighted by Crippen LogP contribution is -2.33. The van der Waals surface area contributed by atoms with Gasteiger partial charge in [0.05, 0.1) is 11.5 Å². The van der Waals surface area contributed by atoms with E-state index in [2.05, 4.69) is 44.2 Å². The normalized spacial score (nSPS) is 30.0. The van der Waals surface area contributed by atoms with Crippen LogP contribution < -0.4 is 0 Å². The van der Waals surface area contributed by atoms with E-state index in [0.29, 0.717) is 0 Å². The molecule has 2 aliphatic carbocycles. The van der Waals surface area contributed by atoms with Gasteiger partial charge in [-0.3, -0.25) is 0 Å². The molecule has 0 spiro atoms. The Labute approximate surface area is 180 Å². The fraction of sp³-hybridized carbons (Fsp3) is 0.750. The highest BCUT2D eigenvalue weighted by Gasteiger charge is 2.39. The summed E-state index contributed by atoms with van der Waals surface area (Å²) in [6.07, 6.45) is 19.7. The molecule has 1 aromatic rings. The van der Waals surface area contributed by atoms with E-state index >= 15 is 0 Å². The monoisotopic (exact) mass is 393 g/mol. The molecule has 0 aromatic heterocycles. The van der Waals surface area contributed by atoms with Gasteiger partial charge in [-0.15, -0.1) is 0 Å². The number of hydrogen-bond acceptors (Lipinski definition) is 1. The van der Waals surface area contributed by atoms with Gasteiger partial charge in [0.2, 0.25) is 0 Å². The van der Waals surface area contributed by atoms with Crippen LogP contribution in [0.1, 0.15) is 115 Å². The Balaban J connectivity index is 1.52. The van der Waals surface area contributed by atoms with Crippen molar-refractivity contribution in [2.45, 2.75) is 116 Å². The van der Waals surface area contributed by atoms with Crippen LogP contribution in [0.15, 0.2) is 24.3 Å². The molecule has 0 saturated heterocycles. The highest BCUT2D eigenvalue weighted by atomic mass is 14.5. The molecule has 0 aliphatic heterocycles. The first-order chi connectivity index (χ1) is 14.2. The van der Waals surface area contributed by atoms with Gasteiger partial charge in [-0.25, -0.2) is 0 Å². The summed E-state index contributed by atoms with van der Waals surface area (Å²) < 4.78 is 0. The zero-order valence-corrected chi connectivity index (χ0v) is 19.1. The summed E-state index contributed by atoms with van der Waals surface area (Å²) in [6, 6.07) is 11.9. The molecular weight excluding hydrogens is 350 g/mol. The molecule has 1 nitrogen and oxygen atoms in total. The first-order valence-corrected chi connectivity index (χ1v) is 12.7. The van der Waals surface area contributed by atoms with Crippen molar-refractivity contribution in [3.8, 4) is 6.07 Å². The molecule has 2 saturated carbocycles. The highest BCUT2D eigenvalue weighted by Crippen LogP contribution is 2.47. The van der Waals surface area contributed by atoms with Crippen molar-refractivity contribution >= 4 is 0 Å². The first-order valence-electron chi connectivity index (χ1n) is 12.7. The molecule has 1 heteroatoms. The third-order valence-electron chi connectivity index (χ3n) is 8.20. The maximum atomic E-state index is 10.1. The van der Waals surface area contributed by atoms with E-state index in [1.165, 1.54) is 94.6 Å². The summed E-state index contributed by atoms with van der Waals surface area (Å²) in [7, 11) is 0. The van der Waals surface area contributed by atoms with E-state index in [0.717, 1.165) is 30.6 Å². The molecule has 2 fully saturated rings. The van der Waals surface area contributed by atoms with Gasteiger partial charge < -0.3 is 0 Å². The summed E-state index contributed by atoms with van der Waals surface area (Å²) in [5.74, 6) is 2.81. The van der Waals surface area contributed by atoms with Gasteiger partial charge >= 0.3 is 0 Å². The number of rotatable bonds is 9. The summed E-state index contributed by atoms with van der Waals surface area (Å²) in [6.45, 7) is 4.57. The second-order valence-corrected chi connectivity index (χ2v) is 10.1. The van der Waals surface area contributed by atoms with Gasteiger partial charge in [-0.1, -0.05) is 83.1 Å². The minimum atomic E-state index is -0.225. The van der Waals surface area contributed by atoms with Crippen LogP contribution in [0, 0.1) is 29.1 Å². The van der Waals surface area contributed by atoms with E-state index in [1.807, 2.05) is 0 Å². The van der Waals surface area contributed by atoms with Crippen molar-refractivity contribution in [2.24, 2.45) is 17.8 Å². The first kappa shape index (κ1) is 22.4. The third kappa shape index (κ3) is 5.87. The van der Waals surface area contributed by atoms with Crippen molar-refractivity contribution in [2.75, 3.05) is 0 Å². The van der Waals surface area contributed by atoms with Crippen LogP contribution in [-0.4, -0.2) is 0 Å². The number of nitriles is 1. The molecule has 160 valence electrons. The zero-order chi connectivity index (χ0) is 20.5. The number of nitrogens with zero attached hydrogens (tertiary/aromatic N) is 1. The maximum absolute atomic E-state index is 10.1. The van der Waals surface area contributed by atoms with Crippen molar-refractivity contribution in [1.82, 2.24) is 0 Å². The minimum Gasteiger partial charge on any atom is -0.197 e. The van der Waals surface area contributed by atoms with Crippen molar-refractivity contribution < 1.29 is 0 Å². The molecule has 0 heterocycles. The summed E-state index contributed by atoms with van der Waals surface area (Å²) >= 11 is 0. The van der Waals surface area contributed by atoms with Gasteiger partial charge in [0.1, 0.15) is 0 Å². The van der Waals surface area contributed by atoms with Crippen LogP contribution in [0.2, 0.25) is 0 Å². The molecule has 0 bridgehead atoms. The molecule has 0 amide bonds. The second-order valence-electron chi connectivity index (χ2n) is 10.1. The molecule has 0 radical (unpaired) electrons. The summed E-state index contributed by atoms with van der Waals surface area (Å²) in [5, 5.41) is 10.1. The second kappa shape index (κ2) is 11.2. The van der Waals surface area contributed by atoms with E-state index in [1.54, 1.807) is 0 Å². The largest absolute Gasteiger partial charge is 0.197 e. The summed E-state index contributed by atoms with van der Waals surface area (Å²) in [4.78, 5) is 0. The minimum absolute atomic E-state index is 0.225. The lowest BCUT2D eigenvalue weighted by atomic mass is 9.62. The smallest absolute Gasteiger partial charge is 0.0822 e. The quantitative estimate of drug-likeness (QED) is 0.386. The third-order valence-corrected chi connectivity index (χ3v) is 8.20. The van der Waals surface area contributed by atoms with Gasteiger partial charge in [0, 0.05) is 0 Å².